The summed E-state index contributed by atoms with van der Waals surface area (Å²) in [5.41, 5.74) is 0. The first-order valence-electron chi connectivity index (χ1n) is 15.3. The van der Waals surface area contributed by atoms with E-state index in [4.69, 9.17) is 23.8 Å². The first-order chi connectivity index (χ1) is 23.0. The molecule has 0 spiro atoms. The summed E-state index contributed by atoms with van der Waals surface area (Å²) in [6, 6.07) is -3.23. The van der Waals surface area contributed by atoms with Gasteiger partial charge in [-0.15, -0.1) is 5.06 Å². The van der Waals surface area contributed by atoms with Crippen LogP contribution in [-0.2, 0) is 62.1 Å². The number of amides is 5. The van der Waals surface area contributed by atoms with Crippen molar-refractivity contribution in [3.8, 4) is 0 Å². The molecule has 0 aliphatic carbocycles. The number of hydrogen-bond donors (Lipinski definition) is 4. The molecule has 0 bridgehead atoms. The molecule has 3 heterocycles. The highest BCUT2D eigenvalue weighted by Gasteiger charge is 2.51. The number of alkyl halides is 3. The van der Waals surface area contributed by atoms with Crippen LogP contribution in [0.3, 0.4) is 0 Å². The minimum atomic E-state index is -5.10. The normalized spacial score (nSPS) is 26.9. The van der Waals surface area contributed by atoms with Gasteiger partial charge in [-0.2, -0.15) is 13.2 Å². The second-order valence-corrected chi connectivity index (χ2v) is 11.4. The molecule has 0 saturated carbocycles. The van der Waals surface area contributed by atoms with Gasteiger partial charge >= 0.3 is 30.0 Å². The molecule has 0 radical (unpaired) electrons. The van der Waals surface area contributed by atoms with E-state index < -0.39 is 103 Å². The maximum atomic E-state index is 12.9. The van der Waals surface area contributed by atoms with Gasteiger partial charge in [0.15, 0.2) is 18.5 Å². The average Bonchev–Trinajstić information content (AvgIpc) is 3.59. The van der Waals surface area contributed by atoms with E-state index >= 15 is 0 Å². The van der Waals surface area contributed by atoms with Crippen LogP contribution in [0.15, 0.2) is 0 Å². The monoisotopic (exact) mass is 709 g/mol. The minimum absolute atomic E-state index is 0.0585. The number of halogens is 3. The highest BCUT2D eigenvalue weighted by Crippen LogP contribution is 2.28. The largest absolute Gasteiger partial charge is 0.471 e. The highest BCUT2D eigenvalue weighted by molar-refractivity contribution is 6.01. The summed E-state index contributed by atoms with van der Waals surface area (Å²) in [6.45, 7) is 2.69. The number of hydroxylamine groups is 2. The van der Waals surface area contributed by atoms with Crippen molar-refractivity contribution in [2.75, 3.05) is 19.7 Å². The molecule has 7 atom stereocenters. The molecule has 3 saturated heterocycles. The summed E-state index contributed by atoms with van der Waals surface area (Å²) >= 11 is 0. The van der Waals surface area contributed by atoms with Gasteiger partial charge in [0.05, 0.1) is 6.04 Å². The van der Waals surface area contributed by atoms with E-state index in [2.05, 4.69) is 16.0 Å². The fourth-order valence-electron chi connectivity index (χ4n) is 5.28. The molecule has 4 N–H and O–H groups in total. The Hall–Kier alpha value is -4.37. The molecule has 21 heteroatoms. The van der Waals surface area contributed by atoms with E-state index in [1.54, 1.807) is 5.32 Å². The standard InChI is InChI=1S/C28H38F3N5O13/c1-13(37)34-22-24(47-15(3)39)23(46-14(2)38)18(12-33-25(43)17-10-16(11-32-17)35-27(44)28(29,30)31)48-26(22)45-9-5-4-6-21(42)49-36-19(40)7-8-20(36)41/h16-18,22-24,26,32H,4-12H2,1-3H3,(H,33,43)(H,34,37)(H,35,44). The Bertz CT molecular complexity index is 1280. The van der Waals surface area contributed by atoms with Gasteiger partial charge in [-0.05, 0) is 19.3 Å². The zero-order chi connectivity index (χ0) is 36.5. The Morgan fingerprint density at radius 1 is 0.939 bits per heavy atom. The summed E-state index contributed by atoms with van der Waals surface area (Å²) in [7, 11) is 0. The average molecular weight is 710 g/mol. The predicted molar refractivity (Wildman–Crippen MR) is 152 cm³/mol. The molecule has 0 aromatic carbocycles. The quantitative estimate of drug-likeness (QED) is 0.0904. The van der Waals surface area contributed by atoms with Gasteiger partial charge in [-0.3, -0.25) is 33.6 Å². The zero-order valence-corrected chi connectivity index (χ0v) is 26.8. The Morgan fingerprint density at radius 2 is 1.57 bits per heavy atom. The summed E-state index contributed by atoms with van der Waals surface area (Å²) in [4.78, 5) is 101. The Labute approximate surface area is 277 Å². The summed E-state index contributed by atoms with van der Waals surface area (Å²) in [6.07, 6.45) is -10.6. The molecule has 0 aromatic heterocycles. The molecule has 3 aliphatic rings. The SMILES string of the molecule is CC(=O)NC1C(OCCCCC(=O)ON2C(=O)CCC2=O)OC(CNC(=O)C2CC(NC(=O)C(F)(F)F)CN2)C(OC(C)=O)C1OC(C)=O. The molecular formula is C28H38F3N5O13. The fraction of sp³-hybridized carbons (Fsp3) is 0.714. The van der Waals surface area contributed by atoms with Crippen molar-refractivity contribution in [3.63, 3.8) is 0 Å². The van der Waals surface area contributed by atoms with Crippen molar-refractivity contribution in [2.45, 2.75) is 108 Å². The smallest absolute Gasteiger partial charge is 0.456 e. The molecule has 3 rings (SSSR count). The number of rotatable bonds is 14. The van der Waals surface area contributed by atoms with Gasteiger partial charge < -0.3 is 45.1 Å². The van der Waals surface area contributed by atoms with Crippen LogP contribution in [-0.4, -0.2) is 121 Å². The zero-order valence-electron chi connectivity index (χ0n) is 26.8. The third kappa shape index (κ3) is 11.6. The van der Waals surface area contributed by atoms with E-state index in [0.29, 0.717) is 5.06 Å². The van der Waals surface area contributed by atoms with Crippen molar-refractivity contribution < 1.29 is 75.3 Å². The number of carbonyl (C=O) groups excluding carboxylic acids is 8. The number of nitrogens with one attached hydrogen (secondary N) is 4. The highest BCUT2D eigenvalue weighted by atomic mass is 19.4. The van der Waals surface area contributed by atoms with Gasteiger partial charge in [0.2, 0.25) is 11.8 Å². The first kappa shape index (κ1) is 39.1. The van der Waals surface area contributed by atoms with Crippen LogP contribution in [0.4, 0.5) is 13.2 Å². The molecular weight excluding hydrogens is 671 g/mol. The lowest BCUT2D eigenvalue weighted by Crippen LogP contribution is -2.67. The molecule has 18 nitrogen and oxygen atoms in total. The molecule has 0 aromatic rings. The molecule has 49 heavy (non-hydrogen) atoms. The van der Waals surface area contributed by atoms with Crippen LogP contribution in [0.2, 0.25) is 0 Å². The van der Waals surface area contributed by atoms with Crippen LogP contribution in [0.5, 0.6) is 0 Å². The first-order valence-corrected chi connectivity index (χ1v) is 15.3. The van der Waals surface area contributed by atoms with Crippen LogP contribution in [0.25, 0.3) is 0 Å². The van der Waals surface area contributed by atoms with Gasteiger partial charge in [-0.1, -0.05) is 0 Å². The van der Waals surface area contributed by atoms with Crippen LogP contribution in [0.1, 0.15) is 59.3 Å². The second-order valence-electron chi connectivity index (χ2n) is 11.4. The molecule has 3 fully saturated rings. The second kappa shape index (κ2) is 17.3. The van der Waals surface area contributed by atoms with Crippen molar-refractivity contribution in [3.05, 3.63) is 0 Å². The van der Waals surface area contributed by atoms with Gasteiger partial charge in [-0.25, -0.2) is 4.79 Å². The number of imide groups is 1. The number of ether oxygens (including phenoxy) is 4. The van der Waals surface area contributed by atoms with Crippen LogP contribution >= 0.6 is 0 Å². The maximum Gasteiger partial charge on any atom is 0.471 e. The van der Waals surface area contributed by atoms with Crippen molar-refractivity contribution in [1.82, 2.24) is 26.3 Å². The number of hydrogen-bond acceptors (Lipinski definition) is 14. The van der Waals surface area contributed by atoms with Gasteiger partial charge in [0.25, 0.3) is 11.8 Å². The number of nitrogens with zero attached hydrogens (tertiary/aromatic N) is 1. The molecule has 3 aliphatic heterocycles. The number of unbranched alkanes of at least 4 members (excludes halogenated alkanes) is 1. The van der Waals surface area contributed by atoms with Crippen molar-refractivity contribution in [1.29, 1.82) is 0 Å². The predicted octanol–water partition coefficient (Wildman–Crippen LogP) is -1.60. The van der Waals surface area contributed by atoms with Crippen LogP contribution in [0, 0.1) is 0 Å². The molecule has 274 valence electrons. The third-order valence-corrected chi connectivity index (χ3v) is 7.39. The summed E-state index contributed by atoms with van der Waals surface area (Å²) < 4.78 is 60.5. The van der Waals surface area contributed by atoms with E-state index in [1.165, 1.54) is 0 Å². The summed E-state index contributed by atoms with van der Waals surface area (Å²) in [5.74, 6) is -7.16. The third-order valence-electron chi connectivity index (χ3n) is 7.39. The topological polar surface area (TPSA) is 234 Å². The number of esters is 2. The maximum absolute atomic E-state index is 12.9. The van der Waals surface area contributed by atoms with E-state index in [1.807, 2.05) is 0 Å². The van der Waals surface area contributed by atoms with E-state index in [9.17, 15) is 51.5 Å². The van der Waals surface area contributed by atoms with E-state index in [0.717, 1.165) is 20.8 Å². The van der Waals surface area contributed by atoms with E-state index in [-0.39, 0.29) is 51.7 Å². The fourth-order valence-corrected chi connectivity index (χ4v) is 5.28. The summed E-state index contributed by atoms with van der Waals surface area (Å²) in [5, 5.41) is 10.0. The lowest BCUT2D eigenvalue weighted by molar-refractivity contribution is -0.270. The van der Waals surface area contributed by atoms with Crippen LogP contribution < -0.4 is 21.3 Å². The molecule has 7 unspecified atom stereocenters. The lowest BCUT2D eigenvalue weighted by Gasteiger charge is -2.45. The minimum Gasteiger partial charge on any atom is -0.456 e. The molecule has 5 amide bonds. The Kier molecular flexibility index (Phi) is 13.8. The van der Waals surface area contributed by atoms with Gasteiger partial charge in [0, 0.05) is 65.8 Å². The van der Waals surface area contributed by atoms with Gasteiger partial charge in [0.1, 0.15) is 12.1 Å². The Balaban J connectivity index is 1.66. The van der Waals surface area contributed by atoms with Crippen molar-refractivity contribution in [2.24, 2.45) is 0 Å². The van der Waals surface area contributed by atoms with Crippen molar-refractivity contribution >= 4 is 47.4 Å². The Morgan fingerprint density at radius 3 is 2.16 bits per heavy atom. The number of carbonyl (C=O) groups is 8. The lowest BCUT2D eigenvalue weighted by atomic mass is 9.95.